The average Bonchev–Trinajstić information content (AvgIpc) is 3.07. The van der Waals surface area contributed by atoms with Gasteiger partial charge in [-0.3, -0.25) is 9.48 Å². The van der Waals surface area contributed by atoms with E-state index in [1.807, 2.05) is 24.3 Å². The van der Waals surface area contributed by atoms with E-state index in [1.54, 1.807) is 11.0 Å². The molecule has 0 bridgehead atoms. The number of carbonyl (C=O) groups is 1. The number of amides is 1. The number of hydrogen-bond acceptors (Lipinski definition) is 4. The van der Waals surface area contributed by atoms with Crippen molar-refractivity contribution in [2.24, 2.45) is 12.5 Å². The Morgan fingerprint density at radius 2 is 2.16 bits per heavy atom. The van der Waals surface area contributed by atoms with E-state index in [9.17, 15) is 4.79 Å². The van der Waals surface area contributed by atoms with Crippen LogP contribution < -0.4 is 0 Å². The lowest BCUT2D eigenvalue weighted by atomic mass is 9.77. The molecule has 2 aromatic rings. The van der Waals surface area contributed by atoms with E-state index in [0.29, 0.717) is 6.54 Å². The Bertz CT molecular complexity index is 840. The highest BCUT2D eigenvalue weighted by Gasteiger charge is 2.38. The minimum atomic E-state index is -0.281. The maximum Gasteiger partial charge on any atom is 0.229 e. The van der Waals surface area contributed by atoms with Gasteiger partial charge in [0.2, 0.25) is 5.91 Å². The van der Waals surface area contributed by atoms with Crippen molar-refractivity contribution in [2.45, 2.75) is 39.2 Å². The van der Waals surface area contributed by atoms with Gasteiger partial charge in [-0.25, -0.2) is 9.97 Å². The molecule has 1 atom stereocenters. The Morgan fingerprint density at radius 1 is 1.28 bits per heavy atom. The summed E-state index contributed by atoms with van der Waals surface area (Å²) in [7, 11) is 1.89. The van der Waals surface area contributed by atoms with Crippen molar-refractivity contribution in [2.75, 3.05) is 6.54 Å². The predicted octanol–water partition coefficient (Wildman–Crippen LogP) is 2.51. The van der Waals surface area contributed by atoms with Gasteiger partial charge in [0.25, 0.3) is 0 Å². The molecule has 0 saturated heterocycles. The van der Waals surface area contributed by atoms with E-state index in [2.05, 4.69) is 34.1 Å². The Balaban J connectivity index is 1.64. The summed E-state index contributed by atoms with van der Waals surface area (Å²) >= 11 is 0. The summed E-state index contributed by atoms with van der Waals surface area (Å²) in [5, 5.41) is 4.25. The molecule has 0 saturated carbocycles. The molecule has 0 N–H and O–H groups in total. The SMILES string of the molecule is Cn1cc(-c2ncnc3c2CN(C(=O)C2(C)CC=CCC2)CC3)cn1. The molecule has 0 radical (unpaired) electrons. The molecule has 1 aliphatic carbocycles. The molecule has 3 heterocycles. The highest BCUT2D eigenvalue weighted by molar-refractivity contribution is 5.83. The minimum absolute atomic E-state index is 0.253. The Kier molecular flexibility index (Phi) is 3.90. The second-order valence-corrected chi connectivity index (χ2v) is 7.30. The summed E-state index contributed by atoms with van der Waals surface area (Å²) in [5.74, 6) is 0.253. The fraction of sp³-hybridized carbons (Fsp3) is 0.474. The normalized spacial score (nSPS) is 22.7. The monoisotopic (exact) mass is 337 g/mol. The summed E-state index contributed by atoms with van der Waals surface area (Å²) in [6.45, 7) is 3.41. The molecule has 25 heavy (non-hydrogen) atoms. The van der Waals surface area contributed by atoms with Crippen molar-refractivity contribution in [3.63, 3.8) is 0 Å². The third-order valence-corrected chi connectivity index (χ3v) is 5.38. The zero-order valence-corrected chi connectivity index (χ0v) is 14.8. The van der Waals surface area contributed by atoms with Crippen molar-refractivity contribution in [1.82, 2.24) is 24.6 Å². The highest BCUT2D eigenvalue weighted by Crippen LogP contribution is 2.36. The Hall–Kier alpha value is -2.50. The van der Waals surface area contributed by atoms with Crippen molar-refractivity contribution < 1.29 is 4.79 Å². The van der Waals surface area contributed by atoms with Gasteiger partial charge in [-0.2, -0.15) is 5.10 Å². The number of aryl methyl sites for hydroxylation is 1. The lowest BCUT2D eigenvalue weighted by molar-refractivity contribution is -0.142. The standard InChI is InChI=1S/C19H23N5O/c1-19(7-4-3-5-8-19)18(25)24-9-6-16-15(12-24)17(21-13-20-16)14-10-22-23(2)11-14/h3-4,10-11,13H,5-9,12H2,1-2H3. The van der Waals surface area contributed by atoms with Gasteiger partial charge in [0.1, 0.15) is 6.33 Å². The molecule has 4 rings (SSSR count). The van der Waals surface area contributed by atoms with Crippen molar-refractivity contribution in [1.29, 1.82) is 0 Å². The van der Waals surface area contributed by atoms with E-state index in [-0.39, 0.29) is 11.3 Å². The molecule has 130 valence electrons. The largest absolute Gasteiger partial charge is 0.337 e. The van der Waals surface area contributed by atoms with E-state index >= 15 is 0 Å². The molecule has 6 nitrogen and oxygen atoms in total. The molecular formula is C19H23N5O. The zero-order chi connectivity index (χ0) is 17.4. The number of rotatable bonds is 2. The second kappa shape index (κ2) is 6.10. The summed E-state index contributed by atoms with van der Waals surface area (Å²) in [4.78, 5) is 24.1. The first-order valence-electron chi connectivity index (χ1n) is 8.83. The van der Waals surface area contributed by atoms with Crippen LogP contribution in [0.4, 0.5) is 0 Å². The summed E-state index contributed by atoms with van der Waals surface area (Å²) < 4.78 is 1.77. The predicted molar refractivity (Wildman–Crippen MR) is 94.5 cm³/mol. The molecule has 2 aromatic heterocycles. The van der Waals surface area contributed by atoms with Crippen LogP contribution in [0.15, 0.2) is 30.9 Å². The number of carbonyl (C=O) groups excluding carboxylic acids is 1. The van der Waals surface area contributed by atoms with E-state index in [0.717, 1.165) is 54.7 Å². The van der Waals surface area contributed by atoms with Crippen molar-refractivity contribution in [3.05, 3.63) is 42.1 Å². The van der Waals surface area contributed by atoms with Gasteiger partial charge in [-0.1, -0.05) is 19.1 Å². The van der Waals surface area contributed by atoms with Gasteiger partial charge in [-0.05, 0) is 19.3 Å². The van der Waals surface area contributed by atoms with Crippen LogP contribution in [0.25, 0.3) is 11.3 Å². The van der Waals surface area contributed by atoms with Crippen LogP contribution in [0, 0.1) is 5.41 Å². The quantitative estimate of drug-likeness (QED) is 0.790. The molecule has 1 unspecified atom stereocenters. The zero-order valence-electron chi connectivity index (χ0n) is 14.8. The first-order valence-corrected chi connectivity index (χ1v) is 8.83. The summed E-state index contributed by atoms with van der Waals surface area (Å²) in [6.07, 6.45) is 13.2. The van der Waals surface area contributed by atoms with Gasteiger partial charge >= 0.3 is 0 Å². The number of nitrogens with zero attached hydrogens (tertiary/aromatic N) is 5. The maximum absolute atomic E-state index is 13.2. The minimum Gasteiger partial charge on any atom is -0.337 e. The van der Waals surface area contributed by atoms with Crippen LogP contribution in [-0.2, 0) is 24.8 Å². The first-order chi connectivity index (χ1) is 12.1. The lowest BCUT2D eigenvalue weighted by Crippen LogP contribution is -2.45. The van der Waals surface area contributed by atoms with E-state index in [4.69, 9.17) is 0 Å². The topological polar surface area (TPSA) is 63.9 Å². The van der Waals surface area contributed by atoms with Crippen LogP contribution in [0.2, 0.25) is 0 Å². The van der Waals surface area contributed by atoms with E-state index < -0.39 is 0 Å². The van der Waals surface area contributed by atoms with E-state index in [1.165, 1.54) is 0 Å². The van der Waals surface area contributed by atoms with Crippen LogP contribution in [0.1, 0.15) is 37.4 Å². The molecule has 6 heteroatoms. The summed E-state index contributed by atoms with van der Waals surface area (Å²) in [6, 6.07) is 0. The molecule has 1 amide bonds. The smallest absolute Gasteiger partial charge is 0.229 e. The second-order valence-electron chi connectivity index (χ2n) is 7.30. The fourth-order valence-corrected chi connectivity index (χ4v) is 3.85. The lowest BCUT2D eigenvalue weighted by Gasteiger charge is -2.37. The van der Waals surface area contributed by atoms with Crippen LogP contribution >= 0.6 is 0 Å². The molecule has 1 aliphatic heterocycles. The fourth-order valence-electron chi connectivity index (χ4n) is 3.85. The average molecular weight is 337 g/mol. The van der Waals surface area contributed by atoms with Crippen LogP contribution in [0.3, 0.4) is 0 Å². The number of hydrogen-bond donors (Lipinski definition) is 0. The number of fused-ring (bicyclic) bond motifs is 1. The Morgan fingerprint density at radius 3 is 2.88 bits per heavy atom. The molecular weight excluding hydrogens is 314 g/mol. The molecule has 2 aliphatic rings. The highest BCUT2D eigenvalue weighted by atomic mass is 16.2. The van der Waals surface area contributed by atoms with Gasteiger partial charge in [0, 0.05) is 43.9 Å². The number of aromatic nitrogens is 4. The number of allylic oxidation sites excluding steroid dienone is 2. The first kappa shape index (κ1) is 16.0. The summed E-state index contributed by atoms with van der Waals surface area (Å²) in [5.41, 5.74) is 3.69. The Labute approximate surface area is 147 Å². The molecule has 0 spiro atoms. The van der Waals surface area contributed by atoms with Crippen LogP contribution in [0.5, 0.6) is 0 Å². The van der Waals surface area contributed by atoms with Gasteiger partial charge < -0.3 is 4.90 Å². The van der Waals surface area contributed by atoms with Crippen molar-refractivity contribution >= 4 is 5.91 Å². The molecule has 0 fully saturated rings. The van der Waals surface area contributed by atoms with Crippen molar-refractivity contribution in [3.8, 4) is 11.3 Å². The maximum atomic E-state index is 13.2. The molecule has 0 aromatic carbocycles. The van der Waals surface area contributed by atoms with Gasteiger partial charge in [0.05, 0.1) is 23.0 Å². The third kappa shape index (κ3) is 2.86. The third-order valence-electron chi connectivity index (χ3n) is 5.38. The van der Waals surface area contributed by atoms with Gasteiger partial charge in [0.15, 0.2) is 0 Å². The van der Waals surface area contributed by atoms with Gasteiger partial charge in [-0.15, -0.1) is 0 Å². The van der Waals surface area contributed by atoms with Crippen LogP contribution in [-0.4, -0.2) is 37.1 Å².